The summed E-state index contributed by atoms with van der Waals surface area (Å²) in [6.07, 6.45) is 4.77. The molecule has 2 aromatic heterocycles. The van der Waals surface area contributed by atoms with Crippen LogP contribution in [0.3, 0.4) is 0 Å². The molecule has 0 bridgehead atoms. The van der Waals surface area contributed by atoms with E-state index in [0.29, 0.717) is 37.0 Å². The van der Waals surface area contributed by atoms with E-state index in [1.807, 2.05) is 75.1 Å². The summed E-state index contributed by atoms with van der Waals surface area (Å²) in [6, 6.07) is 15.3. The number of ether oxygens (including phenoxy) is 2. The molecular weight excluding hydrogens is 598 g/mol. The van der Waals surface area contributed by atoms with Crippen LogP contribution in [0.15, 0.2) is 67.3 Å². The Hall–Kier alpha value is -5.26. The molecule has 1 atom stereocenters. The number of aromatic nitrogens is 4. The number of piperazine rings is 1. The van der Waals surface area contributed by atoms with Crippen molar-refractivity contribution in [3.8, 4) is 11.7 Å². The summed E-state index contributed by atoms with van der Waals surface area (Å²) >= 11 is 0. The highest BCUT2D eigenvalue weighted by Crippen LogP contribution is 2.25. The lowest BCUT2D eigenvalue weighted by atomic mass is 10.0. The van der Waals surface area contributed by atoms with E-state index in [0.717, 1.165) is 16.8 Å². The number of anilines is 1. The zero-order chi connectivity index (χ0) is 33.5. The molecule has 246 valence electrons. The molecule has 12 nitrogen and oxygen atoms in total. The first kappa shape index (κ1) is 33.1. The summed E-state index contributed by atoms with van der Waals surface area (Å²) in [4.78, 5) is 56.5. The lowest BCUT2D eigenvalue weighted by Crippen LogP contribution is -2.57. The van der Waals surface area contributed by atoms with Crippen molar-refractivity contribution in [3.63, 3.8) is 0 Å². The number of hydrogen-bond acceptors (Lipinski definition) is 9. The number of carbonyl (C=O) groups is 3. The summed E-state index contributed by atoms with van der Waals surface area (Å²) in [6.45, 7) is 9.15. The van der Waals surface area contributed by atoms with Crippen molar-refractivity contribution in [2.45, 2.75) is 52.7 Å². The zero-order valence-electron chi connectivity index (χ0n) is 27.5. The van der Waals surface area contributed by atoms with Crippen molar-refractivity contribution in [1.29, 1.82) is 0 Å². The summed E-state index contributed by atoms with van der Waals surface area (Å²) in [7, 11) is 1.59. The average Bonchev–Trinajstić information content (AvgIpc) is 3.62. The van der Waals surface area contributed by atoms with Crippen LogP contribution in [0.1, 0.15) is 47.7 Å². The van der Waals surface area contributed by atoms with Gasteiger partial charge in [-0.2, -0.15) is 4.98 Å². The fourth-order valence-electron chi connectivity index (χ4n) is 5.27. The predicted octanol–water partition coefficient (Wildman–Crippen LogP) is 3.53. The van der Waals surface area contributed by atoms with Crippen LogP contribution in [-0.4, -0.2) is 81.7 Å². The molecular formula is C35H41N7O5. The Balaban J connectivity index is 1.34. The van der Waals surface area contributed by atoms with Gasteiger partial charge in [-0.1, -0.05) is 44.2 Å². The molecule has 0 spiro atoms. The standard InChI is InChI=1S/C35H41N7O5/c1-23(2)29-20-30(39-35(38-29)41-15-14-36-22-41)42-17-16-40(31(43)19-26-8-10-28(46-5)11-9-26)21-32(42)47-34(45)33(44)37-13-12-27-7-6-24(3)25(4)18-27/h6-11,14-15,18,20,22-23,32H,12-13,16-17,19,21H2,1-5H3,(H,37,44). The van der Waals surface area contributed by atoms with Crippen LogP contribution in [0.25, 0.3) is 5.95 Å². The fraction of sp³-hybridized carbons (Fsp3) is 0.371. The van der Waals surface area contributed by atoms with Gasteiger partial charge in [-0.3, -0.25) is 14.2 Å². The molecule has 1 aliphatic rings. The number of esters is 1. The van der Waals surface area contributed by atoms with Crippen LogP contribution < -0.4 is 15.0 Å². The molecule has 47 heavy (non-hydrogen) atoms. The maximum atomic E-state index is 13.4. The van der Waals surface area contributed by atoms with E-state index in [4.69, 9.17) is 19.4 Å². The number of rotatable bonds is 10. The molecule has 5 rings (SSSR count). The quantitative estimate of drug-likeness (QED) is 0.205. The molecule has 12 heteroatoms. The number of aryl methyl sites for hydroxylation is 2. The lowest BCUT2D eigenvalue weighted by molar-refractivity contribution is -0.161. The minimum Gasteiger partial charge on any atom is -0.497 e. The minimum atomic E-state index is -1.03. The monoisotopic (exact) mass is 639 g/mol. The highest BCUT2D eigenvalue weighted by Gasteiger charge is 2.35. The largest absolute Gasteiger partial charge is 0.497 e. The first-order chi connectivity index (χ1) is 22.6. The third kappa shape index (κ3) is 8.32. The summed E-state index contributed by atoms with van der Waals surface area (Å²) < 4.78 is 12.8. The lowest BCUT2D eigenvalue weighted by Gasteiger charge is -2.41. The highest BCUT2D eigenvalue weighted by molar-refractivity contribution is 6.32. The van der Waals surface area contributed by atoms with Gasteiger partial charge in [0.2, 0.25) is 11.9 Å². The van der Waals surface area contributed by atoms with Crippen LogP contribution in [-0.2, 0) is 32.0 Å². The first-order valence-corrected chi connectivity index (χ1v) is 15.7. The van der Waals surface area contributed by atoms with Gasteiger partial charge in [-0.05, 0) is 60.6 Å². The highest BCUT2D eigenvalue weighted by atomic mass is 16.6. The molecule has 1 N–H and O–H groups in total. The van der Waals surface area contributed by atoms with Gasteiger partial charge in [0.25, 0.3) is 0 Å². The Bertz CT molecular complexity index is 1710. The third-order valence-electron chi connectivity index (χ3n) is 8.24. The number of nitrogens with zero attached hydrogens (tertiary/aromatic N) is 6. The molecule has 1 aliphatic heterocycles. The molecule has 4 aromatic rings. The second-order valence-electron chi connectivity index (χ2n) is 11.9. The number of hydrogen-bond donors (Lipinski definition) is 1. The molecule has 2 amide bonds. The van der Waals surface area contributed by atoms with Crippen molar-refractivity contribution in [1.82, 2.24) is 29.7 Å². The first-order valence-electron chi connectivity index (χ1n) is 15.7. The van der Waals surface area contributed by atoms with E-state index in [-0.39, 0.29) is 31.3 Å². The Morgan fingerprint density at radius 3 is 2.43 bits per heavy atom. The summed E-state index contributed by atoms with van der Waals surface area (Å²) in [5, 5.41) is 2.68. The van der Waals surface area contributed by atoms with Crippen LogP contribution in [0.5, 0.6) is 5.75 Å². The van der Waals surface area contributed by atoms with Crippen molar-refractivity contribution in [2.75, 3.05) is 38.2 Å². The van der Waals surface area contributed by atoms with Gasteiger partial charge in [0.05, 0.1) is 25.8 Å². The van der Waals surface area contributed by atoms with Gasteiger partial charge in [-0.25, -0.2) is 14.8 Å². The van der Waals surface area contributed by atoms with Crippen molar-refractivity contribution < 1.29 is 23.9 Å². The topological polar surface area (TPSA) is 132 Å². The van der Waals surface area contributed by atoms with Crippen LogP contribution >= 0.6 is 0 Å². The zero-order valence-corrected chi connectivity index (χ0v) is 27.5. The minimum absolute atomic E-state index is 0.0536. The summed E-state index contributed by atoms with van der Waals surface area (Å²) in [5.74, 6) is -0.292. The number of methoxy groups -OCH3 is 1. The normalized spacial score (nSPS) is 14.6. The van der Waals surface area contributed by atoms with E-state index < -0.39 is 18.1 Å². The van der Waals surface area contributed by atoms with E-state index in [1.165, 1.54) is 11.1 Å². The second-order valence-corrected chi connectivity index (χ2v) is 11.9. The Labute approximate surface area is 274 Å². The van der Waals surface area contributed by atoms with Crippen LogP contribution in [0, 0.1) is 13.8 Å². The Morgan fingerprint density at radius 2 is 1.74 bits per heavy atom. The van der Waals surface area contributed by atoms with Crippen molar-refractivity contribution in [2.24, 2.45) is 0 Å². The van der Waals surface area contributed by atoms with E-state index in [1.54, 1.807) is 35.3 Å². The van der Waals surface area contributed by atoms with E-state index in [2.05, 4.69) is 16.4 Å². The fourth-order valence-corrected chi connectivity index (χ4v) is 5.27. The number of imidazole rings is 1. The molecule has 3 heterocycles. The third-order valence-corrected chi connectivity index (χ3v) is 8.24. The SMILES string of the molecule is COc1ccc(CC(=O)N2CCN(c3cc(C(C)C)nc(-n4ccnc4)n3)C(OC(=O)C(=O)NCCc3ccc(C)c(C)c3)C2)cc1. The Kier molecular flexibility index (Phi) is 10.5. The van der Waals surface area contributed by atoms with Crippen LogP contribution in [0.2, 0.25) is 0 Å². The molecule has 0 saturated carbocycles. The van der Waals surface area contributed by atoms with Gasteiger partial charge in [0, 0.05) is 38.1 Å². The van der Waals surface area contributed by atoms with Gasteiger partial charge >= 0.3 is 11.9 Å². The summed E-state index contributed by atoms with van der Waals surface area (Å²) in [5.41, 5.74) is 5.03. The number of carbonyl (C=O) groups excluding carboxylic acids is 3. The van der Waals surface area contributed by atoms with E-state index >= 15 is 0 Å². The van der Waals surface area contributed by atoms with Gasteiger partial charge in [0.15, 0.2) is 6.23 Å². The molecule has 0 aliphatic carbocycles. The number of amides is 2. The smallest absolute Gasteiger partial charge is 0.398 e. The molecule has 2 aromatic carbocycles. The molecule has 0 radical (unpaired) electrons. The van der Waals surface area contributed by atoms with Crippen molar-refractivity contribution in [3.05, 3.63) is 95.2 Å². The number of benzene rings is 2. The average molecular weight is 640 g/mol. The number of nitrogens with one attached hydrogen (secondary N) is 1. The van der Waals surface area contributed by atoms with Gasteiger partial charge in [0.1, 0.15) is 17.9 Å². The predicted molar refractivity (Wildman–Crippen MR) is 176 cm³/mol. The second kappa shape index (κ2) is 14.9. The van der Waals surface area contributed by atoms with E-state index in [9.17, 15) is 14.4 Å². The van der Waals surface area contributed by atoms with Gasteiger partial charge < -0.3 is 24.6 Å². The maximum absolute atomic E-state index is 13.4. The Morgan fingerprint density at radius 1 is 0.979 bits per heavy atom. The molecule has 1 saturated heterocycles. The van der Waals surface area contributed by atoms with Crippen molar-refractivity contribution >= 4 is 23.6 Å². The van der Waals surface area contributed by atoms with Crippen LogP contribution in [0.4, 0.5) is 5.82 Å². The molecule has 1 fully saturated rings. The van der Waals surface area contributed by atoms with Gasteiger partial charge in [-0.15, -0.1) is 0 Å². The molecule has 1 unspecified atom stereocenters. The maximum Gasteiger partial charge on any atom is 0.398 e.